The molecule has 0 spiro atoms. The van der Waals surface area contributed by atoms with Crippen LogP contribution in [0.15, 0.2) is 47.1 Å². The number of hydrogen-bond donors (Lipinski definition) is 2. The first-order valence-corrected chi connectivity index (χ1v) is 6.62. The number of halogens is 1. The molecule has 2 rings (SSSR count). The first-order chi connectivity index (χ1) is 8.66. The van der Waals surface area contributed by atoms with Crippen molar-refractivity contribution in [3.8, 4) is 0 Å². The predicted octanol–water partition coefficient (Wildman–Crippen LogP) is 3.26. The fourth-order valence-electron chi connectivity index (χ4n) is 1.75. The van der Waals surface area contributed by atoms with Crippen molar-refractivity contribution in [2.45, 2.75) is 13.0 Å². The van der Waals surface area contributed by atoms with Crippen LogP contribution in [0.4, 0.5) is 5.82 Å². The molecule has 0 saturated carbocycles. The first kappa shape index (κ1) is 13.1. The molecular formula is C14H16BrN3. The summed E-state index contributed by atoms with van der Waals surface area (Å²) in [5, 5.41) is 3.28. The smallest absolute Gasteiger partial charge is 0.128 e. The molecule has 18 heavy (non-hydrogen) atoms. The van der Waals surface area contributed by atoms with E-state index in [1.54, 1.807) is 6.20 Å². The minimum Gasteiger partial charge on any atom is -0.368 e. The van der Waals surface area contributed by atoms with Crippen molar-refractivity contribution in [3.63, 3.8) is 0 Å². The molecule has 1 heterocycles. The maximum absolute atomic E-state index is 6.12. The molecule has 3 N–H and O–H groups in total. The summed E-state index contributed by atoms with van der Waals surface area (Å²) in [6.07, 6.45) is 1.78. The molecule has 0 aliphatic carbocycles. The zero-order valence-corrected chi connectivity index (χ0v) is 11.8. The van der Waals surface area contributed by atoms with E-state index in [1.165, 1.54) is 0 Å². The number of aryl methyl sites for hydroxylation is 1. The summed E-state index contributed by atoms with van der Waals surface area (Å²) in [6.45, 7) is 2.69. The fraction of sp³-hybridized carbons (Fsp3) is 0.214. The molecule has 1 unspecified atom stereocenters. The van der Waals surface area contributed by atoms with Gasteiger partial charge in [-0.2, -0.15) is 0 Å². The summed E-state index contributed by atoms with van der Waals surface area (Å²) in [7, 11) is 0. The molecule has 3 nitrogen and oxygen atoms in total. The summed E-state index contributed by atoms with van der Waals surface area (Å²) in [6, 6.07) is 12.1. The highest BCUT2D eigenvalue weighted by Crippen LogP contribution is 2.18. The lowest BCUT2D eigenvalue weighted by Crippen LogP contribution is -2.21. The standard InChI is InChI=1S/C14H16BrN3/c1-10-7-12(15)8-17-14(10)18-9-13(16)11-5-3-2-4-6-11/h2-8,13H,9,16H2,1H3,(H,17,18). The molecule has 1 atom stereocenters. The van der Waals surface area contributed by atoms with Crippen LogP contribution in [0.25, 0.3) is 0 Å². The number of rotatable bonds is 4. The van der Waals surface area contributed by atoms with Crippen LogP contribution in [-0.4, -0.2) is 11.5 Å². The molecule has 0 radical (unpaired) electrons. The van der Waals surface area contributed by atoms with E-state index in [-0.39, 0.29) is 6.04 Å². The maximum Gasteiger partial charge on any atom is 0.128 e. The second-order valence-corrected chi connectivity index (χ2v) is 5.13. The molecule has 4 heteroatoms. The number of benzene rings is 1. The van der Waals surface area contributed by atoms with Gasteiger partial charge in [0.1, 0.15) is 5.82 Å². The van der Waals surface area contributed by atoms with Gasteiger partial charge in [-0.3, -0.25) is 0 Å². The van der Waals surface area contributed by atoms with Gasteiger partial charge in [-0.15, -0.1) is 0 Å². The molecule has 1 aromatic carbocycles. The maximum atomic E-state index is 6.12. The van der Waals surface area contributed by atoms with Gasteiger partial charge < -0.3 is 11.1 Å². The molecule has 1 aromatic heterocycles. The van der Waals surface area contributed by atoms with E-state index in [4.69, 9.17) is 5.73 Å². The van der Waals surface area contributed by atoms with Crippen LogP contribution in [0.2, 0.25) is 0 Å². The number of pyridine rings is 1. The third-order valence-electron chi connectivity index (χ3n) is 2.76. The molecule has 0 aliphatic rings. The summed E-state index contributed by atoms with van der Waals surface area (Å²) in [5.41, 5.74) is 8.35. The van der Waals surface area contributed by atoms with Crippen molar-refractivity contribution < 1.29 is 0 Å². The van der Waals surface area contributed by atoms with Gasteiger partial charge >= 0.3 is 0 Å². The Morgan fingerprint density at radius 3 is 2.72 bits per heavy atom. The molecule has 0 aliphatic heterocycles. The topological polar surface area (TPSA) is 50.9 Å². The average molecular weight is 306 g/mol. The Labute approximate surface area is 116 Å². The van der Waals surface area contributed by atoms with Crippen molar-refractivity contribution in [1.82, 2.24) is 4.98 Å². The highest BCUT2D eigenvalue weighted by molar-refractivity contribution is 9.10. The Kier molecular flexibility index (Phi) is 4.33. The normalized spacial score (nSPS) is 12.2. The molecular weight excluding hydrogens is 290 g/mol. The second-order valence-electron chi connectivity index (χ2n) is 4.22. The molecule has 0 fully saturated rings. The van der Waals surface area contributed by atoms with Gasteiger partial charge in [0, 0.05) is 23.3 Å². The molecule has 0 amide bonds. The van der Waals surface area contributed by atoms with Gasteiger partial charge in [0.25, 0.3) is 0 Å². The lowest BCUT2D eigenvalue weighted by atomic mass is 10.1. The van der Waals surface area contributed by atoms with E-state index in [9.17, 15) is 0 Å². The number of nitrogens with one attached hydrogen (secondary N) is 1. The third-order valence-corrected chi connectivity index (χ3v) is 3.20. The molecule has 0 saturated heterocycles. The van der Waals surface area contributed by atoms with E-state index < -0.39 is 0 Å². The van der Waals surface area contributed by atoms with Crippen molar-refractivity contribution in [3.05, 3.63) is 58.2 Å². The Morgan fingerprint density at radius 2 is 2.06 bits per heavy atom. The highest BCUT2D eigenvalue weighted by Gasteiger charge is 2.06. The van der Waals surface area contributed by atoms with Gasteiger partial charge in [-0.05, 0) is 40.0 Å². The summed E-state index contributed by atoms with van der Waals surface area (Å²) >= 11 is 3.40. The van der Waals surface area contributed by atoms with Crippen LogP contribution in [0.1, 0.15) is 17.2 Å². The van der Waals surface area contributed by atoms with Crippen LogP contribution in [0.5, 0.6) is 0 Å². The molecule has 94 valence electrons. The van der Waals surface area contributed by atoms with E-state index >= 15 is 0 Å². The zero-order chi connectivity index (χ0) is 13.0. The molecule has 0 bridgehead atoms. The van der Waals surface area contributed by atoms with Gasteiger partial charge in [-0.1, -0.05) is 30.3 Å². The van der Waals surface area contributed by atoms with Crippen LogP contribution < -0.4 is 11.1 Å². The Bertz CT molecular complexity index is 514. The van der Waals surface area contributed by atoms with Gasteiger partial charge in [0.2, 0.25) is 0 Å². The Morgan fingerprint density at radius 1 is 1.33 bits per heavy atom. The lowest BCUT2D eigenvalue weighted by Gasteiger charge is -2.14. The van der Waals surface area contributed by atoms with Gasteiger partial charge in [0.15, 0.2) is 0 Å². The average Bonchev–Trinajstić information content (AvgIpc) is 2.38. The number of nitrogens with zero attached hydrogens (tertiary/aromatic N) is 1. The minimum atomic E-state index is -0.0314. The first-order valence-electron chi connectivity index (χ1n) is 5.83. The summed E-state index contributed by atoms with van der Waals surface area (Å²) in [5.74, 6) is 0.879. The number of hydrogen-bond acceptors (Lipinski definition) is 3. The van der Waals surface area contributed by atoms with E-state index in [0.29, 0.717) is 6.54 Å². The number of anilines is 1. The van der Waals surface area contributed by atoms with E-state index in [0.717, 1.165) is 21.4 Å². The van der Waals surface area contributed by atoms with Crippen molar-refractivity contribution in [2.75, 3.05) is 11.9 Å². The third kappa shape index (κ3) is 3.31. The van der Waals surface area contributed by atoms with Crippen LogP contribution in [0.3, 0.4) is 0 Å². The SMILES string of the molecule is Cc1cc(Br)cnc1NCC(N)c1ccccc1. The summed E-state index contributed by atoms with van der Waals surface area (Å²) < 4.78 is 0.984. The van der Waals surface area contributed by atoms with Crippen LogP contribution in [-0.2, 0) is 0 Å². The van der Waals surface area contributed by atoms with Crippen molar-refractivity contribution in [2.24, 2.45) is 5.73 Å². The molecule has 2 aromatic rings. The van der Waals surface area contributed by atoms with Gasteiger partial charge in [-0.25, -0.2) is 4.98 Å². The zero-order valence-electron chi connectivity index (χ0n) is 10.2. The lowest BCUT2D eigenvalue weighted by molar-refractivity contribution is 0.761. The highest BCUT2D eigenvalue weighted by atomic mass is 79.9. The largest absolute Gasteiger partial charge is 0.368 e. The Hall–Kier alpha value is -1.39. The minimum absolute atomic E-state index is 0.0314. The monoisotopic (exact) mass is 305 g/mol. The Balaban J connectivity index is 1.99. The van der Waals surface area contributed by atoms with Gasteiger partial charge in [0.05, 0.1) is 0 Å². The van der Waals surface area contributed by atoms with Crippen molar-refractivity contribution >= 4 is 21.7 Å². The summed E-state index contributed by atoms with van der Waals surface area (Å²) in [4.78, 5) is 4.33. The van der Waals surface area contributed by atoms with Crippen LogP contribution in [0, 0.1) is 6.92 Å². The quantitative estimate of drug-likeness (QED) is 0.911. The predicted molar refractivity (Wildman–Crippen MR) is 78.5 cm³/mol. The van der Waals surface area contributed by atoms with Crippen LogP contribution >= 0.6 is 15.9 Å². The van der Waals surface area contributed by atoms with E-state index in [1.807, 2.05) is 43.3 Å². The van der Waals surface area contributed by atoms with Crippen molar-refractivity contribution in [1.29, 1.82) is 0 Å². The fourth-order valence-corrected chi connectivity index (χ4v) is 2.20. The second kappa shape index (κ2) is 5.98. The van der Waals surface area contributed by atoms with E-state index in [2.05, 4.69) is 26.2 Å². The number of aromatic nitrogens is 1. The number of nitrogens with two attached hydrogens (primary N) is 1.